The van der Waals surface area contributed by atoms with Crippen molar-refractivity contribution in [2.75, 3.05) is 26.2 Å². The molecule has 0 radical (unpaired) electrons. The van der Waals surface area contributed by atoms with E-state index in [4.69, 9.17) is 14.2 Å². The minimum absolute atomic E-state index is 0.306. The average Bonchev–Trinajstić information content (AvgIpc) is 3.49. The summed E-state index contributed by atoms with van der Waals surface area (Å²) in [6.45, 7) is 0. The van der Waals surface area contributed by atoms with Gasteiger partial charge in [0.15, 0.2) is 17.3 Å². The van der Waals surface area contributed by atoms with Gasteiger partial charge in [-0.25, -0.2) is 4.39 Å². The van der Waals surface area contributed by atoms with Gasteiger partial charge in [-0.3, -0.25) is 14.4 Å². The van der Waals surface area contributed by atoms with Crippen LogP contribution >= 0.6 is 0 Å². The Morgan fingerprint density at radius 2 is 1.45 bits per heavy atom. The summed E-state index contributed by atoms with van der Waals surface area (Å²) in [5.74, 6) is -0.993. The van der Waals surface area contributed by atoms with Crippen molar-refractivity contribution in [1.82, 2.24) is 0 Å². The van der Waals surface area contributed by atoms with E-state index >= 15 is 0 Å². The van der Waals surface area contributed by atoms with Crippen LogP contribution in [-0.2, 0) is 0 Å². The highest BCUT2D eigenvalue weighted by Gasteiger charge is 2.72. The van der Waals surface area contributed by atoms with Gasteiger partial charge in [-0.05, 0) is 48.5 Å². The third-order valence-electron chi connectivity index (χ3n) is 9.18. The van der Waals surface area contributed by atoms with E-state index in [1.807, 2.05) is 4.90 Å². The molecular formula is C36H28FNO6. The van der Waals surface area contributed by atoms with Gasteiger partial charge in [0.2, 0.25) is 0 Å². The first-order valence-corrected chi connectivity index (χ1v) is 14.2. The van der Waals surface area contributed by atoms with Crippen molar-refractivity contribution in [1.29, 1.82) is 0 Å². The van der Waals surface area contributed by atoms with Gasteiger partial charge < -0.3 is 19.1 Å². The molecule has 2 heterocycles. The van der Waals surface area contributed by atoms with Crippen LogP contribution in [0, 0.1) is 11.2 Å². The molecule has 0 saturated carbocycles. The second kappa shape index (κ2) is 10.2. The number of anilines is 1. The number of carbonyl (C=O) groups is 3. The predicted molar refractivity (Wildman–Crippen MR) is 163 cm³/mol. The van der Waals surface area contributed by atoms with E-state index in [2.05, 4.69) is 0 Å². The second-order valence-electron chi connectivity index (χ2n) is 11.1. The summed E-state index contributed by atoms with van der Waals surface area (Å²) >= 11 is 0. The van der Waals surface area contributed by atoms with Crippen molar-refractivity contribution in [3.8, 4) is 17.2 Å². The van der Waals surface area contributed by atoms with Crippen LogP contribution in [0.5, 0.6) is 17.2 Å². The van der Waals surface area contributed by atoms with E-state index in [-0.39, 0.29) is 17.3 Å². The van der Waals surface area contributed by atoms with E-state index < -0.39 is 29.2 Å². The highest BCUT2D eigenvalue weighted by atomic mass is 19.1. The van der Waals surface area contributed by atoms with Crippen LogP contribution in [0.3, 0.4) is 0 Å². The predicted octanol–water partition coefficient (Wildman–Crippen LogP) is 6.17. The molecule has 7 rings (SSSR count). The lowest BCUT2D eigenvalue weighted by atomic mass is 9.64. The molecule has 2 aliphatic heterocycles. The maximum atomic E-state index is 14.8. The quantitative estimate of drug-likeness (QED) is 0.197. The van der Waals surface area contributed by atoms with Crippen molar-refractivity contribution < 1.29 is 33.0 Å². The van der Waals surface area contributed by atoms with Gasteiger partial charge in [0.25, 0.3) is 0 Å². The number of halogens is 1. The summed E-state index contributed by atoms with van der Waals surface area (Å²) in [6, 6.07) is 21.1. The number of hydrogen-bond acceptors (Lipinski definition) is 7. The zero-order valence-corrected chi connectivity index (χ0v) is 24.2. The van der Waals surface area contributed by atoms with Crippen LogP contribution < -0.4 is 19.1 Å². The van der Waals surface area contributed by atoms with Crippen molar-refractivity contribution in [3.63, 3.8) is 0 Å². The van der Waals surface area contributed by atoms with Gasteiger partial charge in [-0.15, -0.1) is 0 Å². The van der Waals surface area contributed by atoms with Gasteiger partial charge in [0, 0.05) is 45.5 Å². The molecule has 4 aromatic carbocycles. The molecule has 0 unspecified atom stereocenters. The third kappa shape index (κ3) is 3.70. The topological polar surface area (TPSA) is 82.1 Å². The zero-order chi connectivity index (χ0) is 30.7. The Balaban J connectivity index is 1.55. The largest absolute Gasteiger partial charge is 0.497 e. The van der Waals surface area contributed by atoms with Gasteiger partial charge in [-0.1, -0.05) is 42.5 Å². The number of methoxy groups -OCH3 is 3. The van der Waals surface area contributed by atoms with Crippen LogP contribution in [0.25, 0.3) is 6.08 Å². The molecule has 8 heteroatoms. The smallest absolute Gasteiger partial charge is 0.185 e. The number of benzene rings is 4. The molecule has 1 aliphatic carbocycles. The molecule has 44 heavy (non-hydrogen) atoms. The summed E-state index contributed by atoms with van der Waals surface area (Å²) in [5.41, 5.74) is 0.884. The molecule has 7 nitrogen and oxygen atoms in total. The standard InChI is InChI=1S/C36H28FNO6/c1-42-23-12-8-20(9-13-23)33(39)32-31(27-15-14-24(43-2)19-29(27)44-3)36(34(40)25-6-4-5-7-26(25)35(36)41)30-17-10-21-18-22(37)11-16-28(21)38(30)32/h4-19,30-32H,1-3H3/t30-,31-,32-/m0/s1. The maximum absolute atomic E-state index is 14.8. The lowest BCUT2D eigenvalue weighted by Crippen LogP contribution is -2.48. The van der Waals surface area contributed by atoms with Crippen LogP contribution in [0.15, 0.2) is 91.0 Å². The highest BCUT2D eigenvalue weighted by molar-refractivity contribution is 6.32. The Kier molecular flexibility index (Phi) is 6.39. The third-order valence-corrected chi connectivity index (χ3v) is 9.18. The molecule has 0 N–H and O–H groups in total. The maximum Gasteiger partial charge on any atom is 0.185 e. The fourth-order valence-corrected chi connectivity index (χ4v) is 7.29. The van der Waals surface area contributed by atoms with E-state index in [9.17, 15) is 18.8 Å². The molecule has 1 spiro atoms. The van der Waals surface area contributed by atoms with Crippen LogP contribution in [0.4, 0.5) is 10.1 Å². The molecular weight excluding hydrogens is 561 g/mol. The Morgan fingerprint density at radius 1 is 0.795 bits per heavy atom. The van der Waals surface area contributed by atoms with Gasteiger partial charge in [0.1, 0.15) is 34.5 Å². The minimum Gasteiger partial charge on any atom is -0.497 e. The highest BCUT2D eigenvalue weighted by Crippen LogP contribution is 2.62. The Labute approximate surface area is 253 Å². The van der Waals surface area contributed by atoms with Gasteiger partial charge in [0.05, 0.1) is 27.4 Å². The monoisotopic (exact) mass is 589 g/mol. The lowest BCUT2D eigenvalue weighted by molar-refractivity contribution is 0.0664. The minimum atomic E-state index is -1.72. The number of hydrogen-bond donors (Lipinski definition) is 0. The zero-order valence-electron chi connectivity index (χ0n) is 24.2. The number of rotatable bonds is 6. The molecule has 0 aromatic heterocycles. The number of carbonyl (C=O) groups excluding carboxylic acids is 3. The fraction of sp³-hybridized carbons (Fsp3) is 0.194. The summed E-state index contributed by atoms with van der Waals surface area (Å²) in [7, 11) is 4.57. The molecule has 3 aliphatic rings. The van der Waals surface area contributed by atoms with Crippen LogP contribution in [-0.4, -0.2) is 50.8 Å². The van der Waals surface area contributed by atoms with E-state index in [0.29, 0.717) is 50.8 Å². The lowest BCUT2D eigenvalue weighted by Gasteiger charge is -2.37. The van der Waals surface area contributed by atoms with Crippen molar-refractivity contribution in [3.05, 3.63) is 125 Å². The number of ether oxygens (including phenoxy) is 3. The molecule has 4 aromatic rings. The number of Topliss-reactive ketones (excluding diaryl/α,β-unsaturated/α-hetero) is 3. The Hall–Kier alpha value is -5.24. The first-order chi connectivity index (χ1) is 21.3. The van der Waals surface area contributed by atoms with Crippen molar-refractivity contribution >= 4 is 29.1 Å². The van der Waals surface area contributed by atoms with E-state index in [1.54, 1.807) is 92.1 Å². The van der Waals surface area contributed by atoms with E-state index in [0.717, 1.165) is 0 Å². The van der Waals surface area contributed by atoms with Gasteiger partial charge in [-0.2, -0.15) is 0 Å². The second-order valence-corrected chi connectivity index (χ2v) is 11.1. The fourth-order valence-electron chi connectivity index (χ4n) is 7.29. The number of nitrogens with zero attached hydrogens (tertiary/aromatic N) is 1. The molecule has 1 saturated heterocycles. The van der Waals surface area contributed by atoms with E-state index in [1.165, 1.54) is 26.4 Å². The Morgan fingerprint density at radius 3 is 2.09 bits per heavy atom. The first-order valence-electron chi connectivity index (χ1n) is 14.2. The van der Waals surface area contributed by atoms with Crippen LogP contribution in [0.1, 0.15) is 48.1 Å². The number of fused-ring (bicyclic) bond motifs is 5. The van der Waals surface area contributed by atoms with Crippen molar-refractivity contribution in [2.45, 2.75) is 18.0 Å². The van der Waals surface area contributed by atoms with Gasteiger partial charge >= 0.3 is 0 Å². The average molecular weight is 590 g/mol. The molecule has 0 bridgehead atoms. The molecule has 0 amide bonds. The summed E-state index contributed by atoms with van der Waals surface area (Å²) < 4.78 is 31.1. The van der Waals surface area contributed by atoms with Crippen molar-refractivity contribution in [2.24, 2.45) is 5.41 Å². The van der Waals surface area contributed by atoms with Crippen LogP contribution in [0.2, 0.25) is 0 Å². The Bertz CT molecular complexity index is 1850. The SMILES string of the molecule is COc1ccc(C(=O)[C@@H]2[C@H](c3ccc(OC)cc3OC)C3(C(=O)c4ccccc4C3=O)[C@@H]3C=Cc4cc(F)ccc4N23)cc1. The number of ketones is 3. The normalized spacial score (nSPS) is 20.7. The first kappa shape index (κ1) is 27.6. The molecule has 220 valence electrons. The summed E-state index contributed by atoms with van der Waals surface area (Å²) in [5, 5.41) is 0. The summed E-state index contributed by atoms with van der Waals surface area (Å²) in [6.07, 6.45) is 3.49. The molecule has 3 atom stereocenters. The molecule has 1 fully saturated rings. The summed E-state index contributed by atoms with van der Waals surface area (Å²) in [4.78, 5) is 46.3.